The largest absolute Gasteiger partial charge is 0.495 e. The maximum atomic E-state index is 14.0. The van der Waals surface area contributed by atoms with Crippen molar-refractivity contribution in [2.75, 3.05) is 25.5 Å². The van der Waals surface area contributed by atoms with Crippen LogP contribution in [0.3, 0.4) is 0 Å². The summed E-state index contributed by atoms with van der Waals surface area (Å²) in [5.41, 5.74) is 7.32. The number of primary amides is 1. The number of anilines is 1. The summed E-state index contributed by atoms with van der Waals surface area (Å²) in [7, 11) is 1.48. The van der Waals surface area contributed by atoms with E-state index in [1.54, 1.807) is 76.2 Å². The van der Waals surface area contributed by atoms with Gasteiger partial charge in [-0.05, 0) is 110 Å². The van der Waals surface area contributed by atoms with E-state index in [-0.39, 0.29) is 108 Å². The number of rotatable bonds is 29. The van der Waals surface area contributed by atoms with Crippen LogP contribution in [0.4, 0.5) is 10.5 Å². The van der Waals surface area contributed by atoms with Crippen LogP contribution in [-0.4, -0.2) is 127 Å². The van der Waals surface area contributed by atoms with Crippen molar-refractivity contribution in [3.8, 4) is 5.75 Å². The highest BCUT2D eigenvalue weighted by Gasteiger charge is 2.48. The van der Waals surface area contributed by atoms with Gasteiger partial charge in [0.05, 0.1) is 29.7 Å². The van der Waals surface area contributed by atoms with Gasteiger partial charge in [-0.3, -0.25) is 43.2 Å². The van der Waals surface area contributed by atoms with Crippen molar-refractivity contribution in [2.45, 2.75) is 175 Å². The third-order valence-electron chi connectivity index (χ3n) is 16.0. The summed E-state index contributed by atoms with van der Waals surface area (Å²) in [5, 5.41) is 14.3. The van der Waals surface area contributed by atoms with Crippen molar-refractivity contribution in [1.82, 2.24) is 26.3 Å². The van der Waals surface area contributed by atoms with E-state index in [1.165, 1.54) is 13.2 Å². The highest BCUT2D eigenvalue weighted by atomic mass is 35.5. The van der Waals surface area contributed by atoms with Crippen molar-refractivity contribution in [3.05, 3.63) is 106 Å². The molecule has 0 aliphatic carbocycles. The summed E-state index contributed by atoms with van der Waals surface area (Å²) in [5.74, 6) is -7.92. The first-order chi connectivity index (χ1) is 44.1. The molecule has 2 saturated heterocycles. The number of esters is 3. The molecule has 0 unspecified atom stereocenters. The van der Waals surface area contributed by atoms with Crippen LogP contribution in [0, 0.1) is 29.1 Å². The van der Waals surface area contributed by atoms with Crippen molar-refractivity contribution in [2.24, 2.45) is 34.8 Å². The predicted octanol–water partition coefficient (Wildman–Crippen LogP) is 6.68. The number of imide groups is 1. The lowest BCUT2D eigenvalue weighted by Gasteiger charge is -2.29. The van der Waals surface area contributed by atoms with E-state index in [1.807, 2.05) is 45.0 Å². The molecule has 26 heteroatoms. The van der Waals surface area contributed by atoms with Gasteiger partial charge in [-0.15, -0.1) is 5.06 Å². The molecule has 3 heterocycles. The number of ketones is 1. The number of benzene rings is 3. The molecule has 0 bridgehead atoms. The van der Waals surface area contributed by atoms with Crippen LogP contribution in [0.1, 0.15) is 147 Å². The molecule has 2 fully saturated rings. The highest BCUT2D eigenvalue weighted by Crippen LogP contribution is 2.45. The molecular formula is C67H86ClN7O18. The minimum atomic E-state index is -1.29. The number of nitrogens with two attached hydrogens (primary N) is 1. The number of urea groups is 1. The normalized spacial score (nSPS) is 20.6. The fourth-order valence-corrected chi connectivity index (χ4v) is 10.7. The fraction of sp³-hybridized carbons (Fsp3) is 0.522. The molecule has 3 aromatic rings. The monoisotopic (exact) mass is 1310 g/mol. The van der Waals surface area contributed by atoms with Crippen molar-refractivity contribution in [1.29, 1.82) is 0 Å². The van der Waals surface area contributed by atoms with E-state index in [9.17, 15) is 57.5 Å². The highest BCUT2D eigenvalue weighted by molar-refractivity contribution is 6.32. The first kappa shape index (κ1) is 73.3. The zero-order valence-electron chi connectivity index (χ0n) is 53.8. The number of hydrogen-bond donors (Lipinski definition) is 6. The summed E-state index contributed by atoms with van der Waals surface area (Å²) in [4.78, 5) is 160. The molecule has 504 valence electrons. The maximum absolute atomic E-state index is 14.0. The van der Waals surface area contributed by atoms with E-state index in [0.29, 0.717) is 45.5 Å². The van der Waals surface area contributed by atoms with Crippen LogP contribution >= 0.6 is 11.6 Å². The predicted molar refractivity (Wildman–Crippen MR) is 338 cm³/mol. The summed E-state index contributed by atoms with van der Waals surface area (Å²) in [6.45, 7) is 12.2. The van der Waals surface area contributed by atoms with E-state index in [2.05, 4.69) is 26.6 Å². The van der Waals surface area contributed by atoms with E-state index in [0.717, 1.165) is 11.1 Å². The molecule has 8 atom stereocenters. The Labute approximate surface area is 545 Å². The Bertz CT molecular complexity index is 3210. The first-order valence-corrected chi connectivity index (χ1v) is 31.7. The zero-order valence-corrected chi connectivity index (χ0v) is 54.6. The molecule has 3 aromatic carbocycles. The van der Waals surface area contributed by atoms with Crippen LogP contribution in [0.15, 0.2) is 78.9 Å². The van der Waals surface area contributed by atoms with Crippen molar-refractivity contribution >= 4 is 88.4 Å². The van der Waals surface area contributed by atoms with Gasteiger partial charge in [0.1, 0.15) is 30.6 Å². The van der Waals surface area contributed by atoms with Crippen LogP contribution in [0.25, 0.3) is 0 Å². The Morgan fingerprint density at radius 3 is 2.15 bits per heavy atom. The number of ether oxygens (including phenoxy) is 5. The maximum Gasteiger partial charge on any atom is 0.347 e. The average Bonchev–Trinajstić information content (AvgIpc) is 1.64. The first-order valence-electron chi connectivity index (χ1n) is 31.3. The van der Waals surface area contributed by atoms with Crippen molar-refractivity contribution < 1.29 is 86.1 Å². The molecule has 3 aliphatic rings. The second kappa shape index (κ2) is 34.8. The van der Waals surface area contributed by atoms with Crippen LogP contribution in [0.5, 0.6) is 5.75 Å². The number of amides is 8. The molecule has 25 nitrogen and oxygen atoms in total. The minimum Gasteiger partial charge on any atom is -0.495 e. The van der Waals surface area contributed by atoms with Gasteiger partial charge in [0.25, 0.3) is 11.8 Å². The second-order valence-corrected chi connectivity index (χ2v) is 25.3. The van der Waals surface area contributed by atoms with Gasteiger partial charge in [-0.2, -0.15) is 0 Å². The molecule has 0 radical (unpaired) electrons. The van der Waals surface area contributed by atoms with Gasteiger partial charge in [-0.1, -0.05) is 94.8 Å². The standard InChI is InChI=1S/C67H86ClN7O18/c1-38(2)32-52-64(85)90-50(13-9-14-53(77)73-48(34-43-21-27-51(88-8)47(68)33-43)63(84)71-37-67(6,7)65(86)91-52)40(5)60-61(92-60)44-23-17-41(18-24-44)22-30-57(81)89-36-42-19-25-46(26-20-42)72-62(83)45(12-11-31-70-66(69)87)35-49(76)59(39(3)4)74-54(78)15-10-16-58(82)93-75-55(79)28-29-56(75)80/h9,14,17-21,23-27,33,38-40,45,48,50,52,59-61H,10-13,15-16,22,28-32,34-37H2,1-8H3,(H,71,84)(H,72,83)(H,73,77)(H,74,78)(H3,69,70,87)/b14-9+/t40-,45+,48+,50-,52-,59-,60+,61+/m0/s1. The number of aryl methyl sites for hydroxylation is 1. The third kappa shape index (κ3) is 23.1. The fourth-order valence-electron chi connectivity index (χ4n) is 10.4. The molecule has 6 rings (SSSR count). The second-order valence-electron chi connectivity index (χ2n) is 24.9. The quantitative estimate of drug-likeness (QED) is 0.0139. The lowest BCUT2D eigenvalue weighted by Crippen LogP contribution is -2.51. The Kier molecular flexibility index (Phi) is 27.5. The molecule has 7 N–H and O–H groups in total. The number of carbonyl (C=O) groups is 12. The SMILES string of the molecule is COc1ccc(C[C@H]2NC(=O)/C=C/C[C@@H]([C@H](C)[C@H]3O[C@@H]3c3ccc(CCC(=O)OCc4ccc(NC(=O)[C@H](CCCNC(N)=O)CC(=O)[C@@H](NC(=O)CCCC(=O)ON5C(=O)CCC5=O)C(C)C)cc4)cc3)OC(=O)[C@H](CC(C)C)OC(=O)C(C)(C)CNC2=O)cc1Cl. The lowest BCUT2D eigenvalue weighted by molar-refractivity contribution is -0.197. The number of hydrogen-bond acceptors (Lipinski definition) is 18. The molecule has 8 amide bonds. The number of hydroxylamine groups is 2. The van der Waals surface area contributed by atoms with Crippen molar-refractivity contribution in [3.63, 3.8) is 0 Å². The number of methoxy groups -OCH3 is 1. The van der Waals surface area contributed by atoms with Gasteiger partial charge in [0, 0.05) is 82.0 Å². The summed E-state index contributed by atoms with van der Waals surface area (Å²) < 4.78 is 29.1. The van der Waals surface area contributed by atoms with Crippen LogP contribution in [0.2, 0.25) is 5.02 Å². The zero-order chi connectivity index (χ0) is 68.1. The number of Topliss-reactive ketones (excluding diaryl/α,β-unsaturated/α-hetero) is 1. The number of nitrogens with one attached hydrogen (secondary N) is 5. The number of cyclic esters (lactones) is 2. The summed E-state index contributed by atoms with van der Waals surface area (Å²) in [6, 6.07) is 16.4. The van der Waals surface area contributed by atoms with Gasteiger partial charge in [0.2, 0.25) is 23.6 Å². The molecule has 0 aromatic heterocycles. The minimum absolute atomic E-state index is 0.0114. The van der Waals surface area contributed by atoms with Crippen LogP contribution < -0.4 is 37.1 Å². The number of carbonyl (C=O) groups excluding carboxylic acids is 12. The molecule has 93 heavy (non-hydrogen) atoms. The smallest absolute Gasteiger partial charge is 0.347 e. The Balaban J connectivity index is 1.000. The Morgan fingerprint density at radius 2 is 1.51 bits per heavy atom. The van der Waals surface area contributed by atoms with E-state index >= 15 is 0 Å². The lowest BCUT2D eigenvalue weighted by atomic mass is 9.89. The Morgan fingerprint density at radius 1 is 0.828 bits per heavy atom. The van der Waals surface area contributed by atoms with Crippen LogP contribution in [-0.2, 0) is 96.0 Å². The molecule has 0 saturated carbocycles. The molecule has 3 aliphatic heterocycles. The summed E-state index contributed by atoms with van der Waals surface area (Å²) in [6.07, 6.45) is 0.405. The van der Waals surface area contributed by atoms with Gasteiger partial charge >= 0.3 is 29.9 Å². The topological polar surface area (TPSA) is 353 Å². The molecule has 0 spiro atoms. The average molecular weight is 1310 g/mol. The van der Waals surface area contributed by atoms with E-state index < -0.39 is 119 Å². The van der Waals surface area contributed by atoms with Gasteiger partial charge < -0.3 is 60.8 Å². The summed E-state index contributed by atoms with van der Waals surface area (Å²) >= 11 is 6.39. The number of halogens is 1. The third-order valence-corrected chi connectivity index (χ3v) is 16.3. The molecular weight excluding hydrogens is 1230 g/mol. The number of epoxide rings is 1. The van der Waals surface area contributed by atoms with E-state index in [4.69, 9.17) is 45.9 Å². The number of nitrogens with zero attached hydrogens (tertiary/aromatic N) is 1. The van der Waals surface area contributed by atoms with Gasteiger partial charge in [0.15, 0.2) is 11.9 Å². The Hall–Kier alpha value is -8.71. The van der Waals surface area contributed by atoms with Gasteiger partial charge in [-0.25, -0.2) is 14.4 Å².